The fourth-order valence-corrected chi connectivity index (χ4v) is 4.44. The molecule has 0 bridgehead atoms. The first kappa shape index (κ1) is 18.6. The zero-order valence-corrected chi connectivity index (χ0v) is 17.9. The van der Waals surface area contributed by atoms with Gasteiger partial charge in [0.15, 0.2) is 0 Å². The monoisotopic (exact) mass is 449 g/mol. The molecule has 3 aromatic heterocycles. The third-order valence-electron chi connectivity index (χ3n) is 5.91. The Kier molecular flexibility index (Phi) is 5.19. The van der Waals surface area contributed by atoms with Crippen molar-refractivity contribution in [3.8, 4) is 11.3 Å². The molecule has 1 aromatic carbocycles. The van der Waals surface area contributed by atoms with E-state index in [1.54, 1.807) is 12.4 Å². The van der Waals surface area contributed by atoms with Gasteiger partial charge in [0.05, 0.1) is 12.7 Å². The Morgan fingerprint density at radius 2 is 2.07 bits per heavy atom. The largest absolute Gasteiger partial charge is 0.358 e. The maximum absolute atomic E-state index is 4.29. The van der Waals surface area contributed by atoms with Crippen LogP contribution in [0.1, 0.15) is 43.4 Å². The highest BCUT2D eigenvalue weighted by Gasteiger charge is 2.16. The van der Waals surface area contributed by atoms with Crippen molar-refractivity contribution in [2.45, 2.75) is 45.1 Å². The lowest BCUT2D eigenvalue weighted by molar-refractivity contribution is 0.290. The van der Waals surface area contributed by atoms with Gasteiger partial charge in [0.25, 0.3) is 0 Å². The van der Waals surface area contributed by atoms with Crippen molar-refractivity contribution in [3.63, 3.8) is 0 Å². The van der Waals surface area contributed by atoms with E-state index >= 15 is 0 Å². The van der Waals surface area contributed by atoms with Crippen molar-refractivity contribution in [3.05, 3.63) is 64.7 Å². The van der Waals surface area contributed by atoms with Gasteiger partial charge in [-0.1, -0.05) is 43.0 Å². The molecule has 5 rings (SSSR count). The first-order valence-electron chi connectivity index (χ1n) is 10.3. The molecule has 6 heteroatoms. The van der Waals surface area contributed by atoms with Gasteiger partial charge in [0, 0.05) is 33.6 Å². The highest BCUT2D eigenvalue weighted by Crippen LogP contribution is 2.31. The van der Waals surface area contributed by atoms with Gasteiger partial charge in [-0.15, -0.1) is 5.10 Å². The van der Waals surface area contributed by atoms with Crippen LogP contribution in [0.5, 0.6) is 0 Å². The Balaban J connectivity index is 1.27. The summed E-state index contributed by atoms with van der Waals surface area (Å²) in [7, 11) is 0. The lowest BCUT2D eigenvalue weighted by Crippen LogP contribution is -2.10. The van der Waals surface area contributed by atoms with Crippen LogP contribution in [0.15, 0.2) is 53.4 Å². The van der Waals surface area contributed by atoms with Gasteiger partial charge in [0.2, 0.25) is 0 Å². The van der Waals surface area contributed by atoms with Crippen LogP contribution in [-0.2, 0) is 13.0 Å². The molecule has 1 N–H and O–H groups in total. The predicted octanol–water partition coefficient (Wildman–Crippen LogP) is 5.76. The van der Waals surface area contributed by atoms with Crippen LogP contribution in [0.25, 0.3) is 22.2 Å². The molecule has 3 heterocycles. The lowest BCUT2D eigenvalue weighted by atomic mass is 9.82. The number of benzene rings is 1. The summed E-state index contributed by atoms with van der Waals surface area (Å²) in [5, 5.41) is 9.86. The fourth-order valence-electron chi connectivity index (χ4n) is 4.08. The fraction of sp³-hybridized carbons (Fsp3) is 0.348. The molecule has 0 spiro atoms. The molecule has 0 aliphatic heterocycles. The number of fused-ring (bicyclic) bond motifs is 1. The number of nitrogens with zero attached hydrogens (tertiary/aromatic N) is 4. The van der Waals surface area contributed by atoms with E-state index in [0.29, 0.717) is 6.54 Å². The third kappa shape index (κ3) is 4.27. The van der Waals surface area contributed by atoms with Crippen LogP contribution in [0.3, 0.4) is 0 Å². The van der Waals surface area contributed by atoms with Gasteiger partial charge in [-0.3, -0.25) is 4.98 Å². The number of nitrogens with one attached hydrogen (secondary N) is 1. The van der Waals surface area contributed by atoms with E-state index in [4.69, 9.17) is 0 Å². The predicted molar refractivity (Wildman–Crippen MR) is 119 cm³/mol. The van der Waals surface area contributed by atoms with Gasteiger partial charge in [-0.2, -0.15) is 0 Å². The van der Waals surface area contributed by atoms with Crippen molar-refractivity contribution in [2.75, 3.05) is 0 Å². The minimum Gasteiger partial charge on any atom is -0.358 e. The molecule has 1 fully saturated rings. The maximum Gasteiger partial charge on any atom is 0.114 e. The van der Waals surface area contributed by atoms with Crippen molar-refractivity contribution < 1.29 is 0 Å². The van der Waals surface area contributed by atoms with Crippen LogP contribution in [0, 0.1) is 5.92 Å². The van der Waals surface area contributed by atoms with Crippen LogP contribution in [0.2, 0.25) is 0 Å². The topological polar surface area (TPSA) is 59.4 Å². The Bertz CT molecular complexity index is 1130. The van der Waals surface area contributed by atoms with Crippen molar-refractivity contribution in [2.24, 2.45) is 5.92 Å². The smallest absolute Gasteiger partial charge is 0.114 e. The zero-order valence-electron chi connectivity index (χ0n) is 16.3. The molecule has 0 radical (unpaired) electrons. The first-order chi connectivity index (χ1) is 14.2. The molecule has 148 valence electrons. The number of halogens is 1. The zero-order chi connectivity index (χ0) is 19.6. The van der Waals surface area contributed by atoms with E-state index in [-0.39, 0.29) is 0 Å². The molecule has 0 atom stereocenters. The van der Waals surface area contributed by atoms with Gasteiger partial charge in [-0.25, -0.2) is 4.68 Å². The van der Waals surface area contributed by atoms with E-state index in [1.165, 1.54) is 54.3 Å². The molecular formula is C23H24BrN5. The summed E-state index contributed by atoms with van der Waals surface area (Å²) >= 11 is 3.45. The molecule has 1 aliphatic carbocycles. The van der Waals surface area contributed by atoms with E-state index in [2.05, 4.69) is 60.5 Å². The highest BCUT2D eigenvalue weighted by atomic mass is 79.9. The number of rotatable bonds is 7. The summed E-state index contributed by atoms with van der Waals surface area (Å²) in [6.45, 7) is 0.695. The highest BCUT2D eigenvalue weighted by molar-refractivity contribution is 9.10. The number of aromatic amines is 1. The second-order valence-corrected chi connectivity index (χ2v) is 9.01. The minimum absolute atomic E-state index is 0.695. The summed E-state index contributed by atoms with van der Waals surface area (Å²) in [4.78, 5) is 7.81. The quantitative estimate of drug-likeness (QED) is 0.390. The van der Waals surface area contributed by atoms with Crippen LogP contribution in [-0.4, -0.2) is 25.0 Å². The first-order valence-corrected chi connectivity index (χ1v) is 11.1. The molecule has 1 saturated carbocycles. The molecule has 0 unspecified atom stereocenters. The number of aromatic nitrogens is 5. The van der Waals surface area contributed by atoms with E-state index in [9.17, 15) is 0 Å². The van der Waals surface area contributed by atoms with Crippen molar-refractivity contribution in [1.82, 2.24) is 25.0 Å². The molecule has 29 heavy (non-hydrogen) atoms. The lowest BCUT2D eigenvalue weighted by Gasteiger charge is -2.24. The van der Waals surface area contributed by atoms with E-state index < -0.39 is 0 Å². The second-order valence-electron chi connectivity index (χ2n) is 8.10. The van der Waals surface area contributed by atoms with Gasteiger partial charge >= 0.3 is 0 Å². The van der Waals surface area contributed by atoms with Crippen LogP contribution < -0.4 is 0 Å². The summed E-state index contributed by atoms with van der Waals surface area (Å²) in [5.74, 6) is 0.992. The molecule has 1 aliphatic rings. The average Bonchev–Trinajstić information content (AvgIpc) is 3.30. The van der Waals surface area contributed by atoms with Gasteiger partial charge < -0.3 is 4.98 Å². The maximum atomic E-state index is 4.29. The van der Waals surface area contributed by atoms with Gasteiger partial charge in [0.1, 0.15) is 5.69 Å². The molecule has 0 amide bonds. The van der Waals surface area contributed by atoms with E-state index in [1.807, 2.05) is 16.9 Å². The normalized spacial score (nSPS) is 14.4. The summed E-state index contributed by atoms with van der Waals surface area (Å²) < 4.78 is 2.81. The van der Waals surface area contributed by atoms with Crippen LogP contribution >= 0.6 is 15.9 Å². The van der Waals surface area contributed by atoms with E-state index in [0.717, 1.165) is 28.1 Å². The third-order valence-corrected chi connectivity index (χ3v) is 6.34. The molecule has 0 saturated heterocycles. The number of H-pyrrole nitrogens is 1. The Labute approximate surface area is 178 Å². The summed E-state index contributed by atoms with van der Waals surface area (Å²) in [5.41, 5.74) is 5.55. The SMILES string of the molecule is Brc1cncc(-c2cn(Cc3ccc4cc(CCCC5CCC5)[nH]c4c3)nn2)c1. The number of hydrogen-bond donors (Lipinski definition) is 1. The number of pyridine rings is 1. The molecular weight excluding hydrogens is 426 g/mol. The Morgan fingerprint density at radius 3 is 2.90 bits per heavy atom. The molecule has 4 aromatic rings. The van der Waals surface area contributed by atoms with Crippen molar-refractivity contribution in [1.29, 1.82) is 0 Å². The summed E-state index contributed by atoms with van der Waals surface area (Å²) in [6, 6.07) is 10.9. The Hall–Kier alpha value is -2.47. The average molecular weight is 450 g/mol. The standard InChI is InChI=1S/C23H24BrN5/c24-20-10-19(12-25-13-20)23-15-29(28-27-23)14-17-7-8-18-11-21(26-22(18)9-17)6-2-5-16-3-1-4-16/h7-13,15-16,26H,1-6,14H2. The number of hydrogen-bond acceptors (Lipinski definition) is 3. The van der Waals surface area contributed by atoms with Gasteiger partial charge in [-0.05, 0) is 63.8 Å². The molecule has 5 nitrogen and oxygen atoms in total. The second kappa shape index (κ2) is 8.11. The van der Waals surface area contributed by atoms with Crippen molar-refractivity contribution >= 4 is 26.8 Å². The Morgan fingerprint density at radius 1 is 1.14 bits per heavy atom. The number of aryl methyl sites for hydroxylation is 1. The minimum atomic E-state index is 0.695. The van der Waals surface area contributed by atoms with Crippen LogP contribution in [0.4, 0.5) is 0 Å². The summed E-state index contributed by atoms with van der Waals surface area (Å²) in [6.07, 6.45) is 13.7.